The number of hydrogen-bond donors (Lipinski definition) is 1. The molecule has 0 aliphatic carbocycles. The second kappa shape index (κ2) is 5.49. The number of likely N-dealkylation sites (N-methyl/N-ethyl adjacent to an activating group) is 1. The van der Waals surface area contributed by atoms with Gasteiger partial charge in [-0.25, -0.2) is 8.42 Å². The van der Waals surface area contributed by atoms with Crippen molar-refractivity contribution in [3.05, 3.63) is 40.8 Å². The molecule has 22 heavy (non-hydrogen) atoms. The van der Waals surface area contributed by atoms with Gasteiger partial charge in [0.2, 0.25) is 10.0 Å². The van der Waals surface area contributed by atoms with Gasteiger partial charge in [-0.15, -0.1) is 0 Å². The van der Waals surface area contributed by atoms with Gasteiger partial charge in [0.1, 0.15) is 4.90 Å². The topological polar surface area (TPSA) is 73.5 Å². The molecule has 3 rings (SSSR count). The zero-order valence-corrected chi connectivity index (χ0v) is 13.4. The quantitative estimate of drug-likeness (QED) is 0.910. The second-order valence-corrected chi connectivity index (χ2v) is 7.70. The molecule has 6 nitrogen and oxygen atoms in total. The Morgan fingerprint density at radius 2 is 1.91 bits per heavy atom. The van der Waals surface area contributed by atoms with Crippen LogP contribution in [0.2, 0.25) is 0 Å². The fraction of sp³-hybridized carbons (Fsp3) is 0.400. The van der Waals surface area contributed by atoms with Gasteiger partial charge in [-0.3, -0.25) is 4.79 Å². The highest BCUT2D eigenvalue weighted by Crippen LogP contribution is 2.26. The molecule has 0 unspecified atom stereocenters. The van der Waals surface area contributed by atoms with Crippen molar-refractivity contribution >= 4 is 20.8 Å². The summed E-state index contributed by atoms with van der Waals surface area (Å²) in [6.07, 6.45) is 2.12. The summed E-state index contributed by atoms with van der Waals surface area (Å²) in [6, 6.07) is 7.01. The summed E-state index contributed by atoms with van der Waals surface area (Å²) >= 11 is 0. The van der Waals surface area contributed by atoms with Crippen LogP contribution in [-0.2, 0) is 10.0 Å². The SMILES string of the molecule is CN(C)[C@@H]1CCN(S(=O)(=O)c2c[nH]c(=O)c3ccccc23)C1. The Kier molecular flexibility index (Phi) is 3.80. The predicted molar refractivity (Wildman–Crippen MR) is 85.4 cm³/mol. The van der Waals surface area contributed by atoms with Crippen molar-refractivity contribution in [2.24, 2.45) is 0 Å². The van der Waals surface area contributed by atoms with Gasteiger partial charge >= 0.3 is 0 Å². The lowest BCUT2D eigenvalue weighted by molar-refractivity contribution is 0.302. The van der Waals surface area contributed by atoms with Crippen LogP contribution in [0.3, 0.4) is 0 Å². The highest BCUT2D eigenvalue weighted by atomic mass is 32.2. The van der Waals surface area contributed by atoms with E-state index in [1.54, 1.807) is 24.3 Å². The number of nitrogens with zero attached hydrogens (tertiary/aromatic N) is 2. The zero-order valence-electron chi connectivity index (χ0n) is 12.6. The van der Waals surface area contributed by atoms with Crippen LogP contribution in [-0.4, -0.2) is 55.8 Å². The van der Waals surface area contributed by atoms with E-state index in [0.717, 1.165) is 6.42 Å². The maximum absolute atomic E-state index is 12.9. The van der Waals surface area contributed by atoms with E-state index in [-0.39, 0.29) is 16.5 Å². The third-order valence-electron chi connectivity index (χ3n) is 4.25. The molecule has 1 fully saturated rings. The number of rotatable bonds is 3. The van der Waals surface area contributed by atoms with Crippen molar-refractivity contribution in [2.45, 2.75) is 17.4 Å². The lowest BCUT2D eigenvalue weighted by Crippen LogP contribution is -2.34. The fourth-order valence-electron chi connectivity index (χ4n) is 2.89. The maximum atomic E-state index is 12.9. The Hall–Kier alpha value is -1.70. The lowest BCUT2D eigenvalue weighted by atomic mass is 10.2. The van der Waals surface area contributed by atoms with Gasteiger partial charge in [0, 0.05) is 36.1 Å². The average molecular weight is 321 g/mol. The molecule has 7 heteroatoms. The highest BCUT2D eigenvalue weighted by molar-refractivity contribution is 7.89. The van der Waals surface area contributed by atoms with Crippen LogP contribution >= 0.6 is 0 Å². The first-order valence-electron chi connectivity index (χ1n) is 7.18. The first kappa shape index (κ1) is 15.2. The normalized spacial score (nSPS) is 20.0. The van der Waals surface area contributed by atoms with Crippen molar-refractivity contribution in [2.75, 3.05) is 27.2 Å². The van der Waals surface area contributed by atoms with E-state index in [9.17, 15) is 13.2 Å². The molecule has 0 amide bonds. The van der Waals surface area contributed by atoms with Crippen LogP contribution in [0.1, 0.15) is 6.42 Å². The molecular formula is C15H19N3O3S. The lowest BCUT2D eigenvalue weighted by Gasteiger charge is -2.20. The molecule has 2 aromatic rings. The van der Waals surface area contributed by atoms with Crippen molar-refractivity contribution in [3.8, 4) is 0 Å². The maximum Gasteiger partial charge on any atom is 0.255 e. The monoisotopic (exact) mass is 321 g/mol. The molecule has 1 aliphatic heterocycles. The summed E-state index contributed by atoms with van der Waals surface area (Å²) in [6.45, 7) is 0.974. The first-order chi connectivity index (χ1) is 10.4. The van der Waals surface area contributed by atoms with Gasteiger partial charge in [0.15, 0.2) is 0 Å². The van der Waals surface area contributed by atoms with E-state index < -0.39 is 10.0 Å². The molecule has 0 saturated carbocycles. The Morgan fingerprint density at radius 1 is 1.23 bits per heavy atom. The largest absolute Gasteiger partial charge is 0.327 e. The van der Waals surface area contributed by atoms with Crippen molar-refractivity contribution in [1.29, 1.82) is 0 Å². The molecule has 1 aromatic heterocycles. The minimum Gasteiger partial charge on any atom is -0.327 e. The Bertz CT molecular complexity index is 858. The van der Waals surface area contributed by atoms with Crippen LogP contribution in [0.15, 0.2) is 40.2 Å². The molecule has 118 valence electrons. The number of H-pyrrole nitrogens is 1. The smallest absolute Gasteiger partial charge is 0.255 e. The number of benzene rings is 1. The first-order valence-corrected chi connectivity index (χ1v) is 8.62. The molecule has 0 radical (unpaired) electrons. The number of fused-ring (bicyclic) bond motifs is 1. The predicted octanol–water partition coefficient (Wildman–Crippen LogP) is 0.853. The van der Waals surface area contributed by atoms with Gasteiger partial charge in [0.25, 0.3) is 5.56 Å². The molecule has 1 N–H and O–H groups in total. The van der Waals surface area contributed by atoms with E-state index in [1.165, 1.54) is 10.5 Å². The van der Waals surface area contributed by atoms with Gasteiger partial charge < -0.3 is 9.88 Å². The van der Waals surface area contributed by atoms with Crippen molar-refractivity contribution in [3.63, 3.8) is 0 Å². The third kappa shape index (κ3) is 2.45. The summed E-state index contributed by atoms with van der Waals surface area (Å²) in [5.41, 5.74) is -0.276. The minimum absolute atomic E-state index is 0.169. The van der Waals surface area contributed by atoms with Gasteiger partial charge in [-0.2, -0.15) is 4.31 Å². The summed E-state index contributed by atoms with van der Waals surface area (Å²) in [7, 11) is 0.297. The van der Waals surface area contributed by atoms with Gasteiger partial charge in [0.05, 0.1) is 0 Å². The number of pyridine rings is 1. The molecule has 1 aliphatic rings. The summed E-state index contributed by atoms with van der Waals surface area (Å²) < 4.78 is 27.3. The second-order valence-electron chi connectivity index (χ2n) is 5.80. The standard InChI is InChI=1S/C15H19N3O3S/c1-17(2)11-7-8-18(10-11)22(20,21)14-9-16-15(19)13-6-4-3-5-12(13)14/h3-6,9,11H,7-8,10H2,1-2H3,(H,16,19)/t11-/m1/s1. The van der Waals surface area contributed by atoms with Crippen LogP contribution in [0.25, 0.3) is 10.8 Å². The Labute approximate surface area is 129 Å². The molecule has 0 bridgehead atoms. The van der Waals surface area contributed by atoms with Crippen LogP contribution in [0.5, 0.6) is 0 Å². The highest BCUT2D eigenvalue weighted by Gasteiger charge is 2.34. The third-order valence-corrected chi connectivity index (χ3v) is 6.15. The summed E-state index contributed by atoms with van der Waals surface area (Å²) in [5, 5.41) is 0.867. The number of hydrogen-bond acceptors (Lipinski definition) is 4. The Balaban J connectivity index is 2.08. The minimum atomic E-state index is -3.61. The Morgan fingerprint density at radius 3 is 2.55 bits per heavy atom. The summed E-state index contributed by atoms with van der Waals surface area (Å²) in [5.74, 6) is 0. The number of aromatic nitrogens is 1. The van der Waals surface area contributed by atoms with Crippen LogP contribution in [0, 0.1) is 0 Å². The summed E-state index contributed by atoms with van der Waals surface area (Å²) in [4.78, 5) is 16.6. The van der Waals surface area contributed by atoms with Crippen molar-refractivity contribution < 1.29 is 8.42 Å². The molecular weight excluding hydrogens is 302 g/mol. The molecule has 0 spiro atoms. The molecule has 2 heterocycles. The number of sulfonamides is 1. The van der Waals surface area contributed by atoms with E-state index in [0.29, 0.717) is 23.9 Å². The number of nitrogens with one attached hydrogen (secondary N) is 1. The van der Waals surface area contributed by atoms with Crippen LogP contribution in [0.4, 0.5) is 0 Å². The molecule has 1 atom stereocenters. The fourth-order valence-corrected chi connectivity index (χ4v) is 4.54. The molecule has 1 aromatic carbocycles. The molecule has 1 saturated heterocycles. The van der Waals surface area contributed by atoms with E-state index >= 15 is 0 Å². The average Bonchev–Trinajstić information content (AvgIpc) is 2.98. The number of aromatic amines is 1. The van der Waals surface area contributed by atoms with Crippen molar-refractivity contribution in [1.82, 2.24) is 14.2 Å². The van der Waals surface area contributed by atoms with E-state index in [1.807, 2.05) is 19.0 Å². The van der Waals surface area contributed by atoms with E-state index in [2.05, 4.69) is 4.98 Å². The van der Waals surface area contributed by atoms with Gasteiger partial charge in [-0.1, -0.05) is 18.2 Å². The zero-order chi connectivity index (χ0) is 15.9. The van der Waals surface area contributed by atoms with E-state index in [4.69, 9.17) is 0 Å². The van der Waals surface area contributed by atoms with Crippen LogP contribution < -0.4 is 5.56 Å². The van der Waals surface area contributed by atoms with Gasteiger partial charge in [-0.05, 0) is 26.6 Å².